The van der Waals surface area contributed by atoms with Gasteiger partial charge in [0.1, 0.15) is 5.69 Å². The van der Waals surface area contributed by atoms with E-state index in [1.54, 1.807) is 11.9 Å². The van der Waals surface area contributed by atoms with Crippen molar-refractivity contribution >= 4 is 23.4 Å². The Bertz CT molecular complexity index is 1080. The second-order valence-electron chi connectivity index (χ2n) is 8.43. The molecule has 0 bridgehead atoms. The molecule has 1 saturated heterocycles. The normalized spacial score (nSPS) is 17.9. The summed E-state index contributed by atoms with van der Waals surface area (Å²) in [4.78, 5) is 26.5. The number of aromatic nitrogens is 1. The monoisotopic (exact) mass is 451 g/mol. The summed E-state index contributed by atoms with van der Waals surface area (Å²) in [6.45, 7) is 0.367. The summed E-state index contributed by atoms with van der Waals surface area (Å²) >= 11 is 5.99. The van der Waals surface area contributed by atoms with Gasteiger partial charge in [-0.1, -0.05) is 59.2 Å². The smallest absolute Gasteiger partial charge is 0.222 e. The summed E-state index contributed by atoms with van der Waals surface area (Å²) in [7, 11) is 1.76. The first kappa shape index (κ1) is 22.1. The predicted molar refractivity (Wildman–Crippen MR) is 123 cm³/mol. The van der Waals surface area contributed by atoms with Gasteiger partial charge in [-0.2, -0.15) is 0 Å². The minimum atomic E-state index is -0.407. The molecule has 1 fully saturated rings. The van der Waals surface area contributed by atoms with Crippen LogP contribution in [0.1, 0.15) is 36.9 Å². The molecule has 2 aromatic carbocycles. The molecular weight excluding hydrogens is 426 g/mol. The van der Waals surface area contributed by atoms with Crippen molar-refractivity contribution in [2.75, 3.05) is 7.05 Å². The Morgan fingerprint density at radius 2 is 1.94 bits per heavy atom. The summed E-state index contributed by atoms with van der Waals surface area (Å²) in [5.41, 5.74) is 2.33. The number of hydrogen-bond donors (Lipinski definition) is 1. The molecule has 1 N–H and O–H groups in total. The van der Waals surface area contributed by atoms with Crippen molar-refractivity contribution in [1.29, 1.82) is 0 Å². The second-order valence-corrected chi connectivity index (χ2v) is 8.87. The van der Waals surface area contributed by atoms with E-state index in [-0.39, 0.29) is 11.8 Å². The third kappa shape index (κ3) is 5.37. The highest BCUT2D eigenvalue weighted by molar-refractivity contribution is 6.30. The van der Waals surface area contributed by atoms with Gasteiger partial charge in [0.05, 0.1) is 6.54 Å². The van der Waals surface area contributed by atoms with Crippen molar-refractivity contribution in [2.24, 2.45) is 0 Å². The number of hydrogen-bond acceptors (Lipinski definition) is 4. The van der Waals surface area contributed by atoms with Crippen LogP contribution in [-0.2, 0) is 22.6 Å². The average molecular weight is 452 g/mol. The van der Waals surface area contributed by atoms with Gasteiger partial charge in [-0.15, -0.1) is 0 Å². The Morgan fingerprint density at radius 1 is 1.19 bits per heavy atom. The number of nitrogens with zero attached hydrogens (tertiary/aromatic N) is 2. The van der Waals surface area contributed by atoms with Gasteiger partial charge in [-0.05, 0) is 37.0 Å². The highest BCUT2D eigenvalue weighted by Crippen LogP contribution is 2.30. The Balaban J connectivity index is 1.36. The van der Waals surface area contributed by atoms with Crippen LogP contribution in [0.3, 0.4) is 0 Å². The fourth-order valence-corrected chi connectivity index (χ4v) is 4.29. The third-order valence-electron chi connectivity index (χ3n) is 5.95. The van der Waals surface area contributed by atoms with E-state index < -0.39 is 5.54 Å². The van der Waals surface area contributed by atoms with E-state index >= 15 is 0 Å². The molecule has 2 heterocycles. The molecule has 1 unspecified atom stereocenters. The van der Waals surface area contributed by atoms with Gasteiger partial charge in [0.25, 0.3) is 0 Å². The first-order valence-electron chi connectivity index (χ1n) is 10.7. The molecule has 32 heavy (non-hydrogen) atoms. The molecule has 166 valence electrons. The maximum Gasteiger partial charge on any atom is 0.222 e. The van der Waals surface area contributed by atoms with Crippen LogP contribution in [0, 0.1) is 0 Å². The number of benzene rings is 2. The molecule has 1 aliphatic rings. The van der Waals surface area contributed by atoms with E-state index in [0.717, 1.165) is 17.5 Å². The van der Waals surface area contributed by atoms with Gasteiger partial charge in [-0.3, -0.25) is 9.59 Å². The van der Waals surface area contributed by atoms with Crippen LogP contribution in [0.2, 0.25) is 5.02 Å². The van der Waals surface area contributed by atoms with E-state index in [1.807, 2.05) is 60.7 Å². The first-order chi connectivity index (χ1) is 15.4. The van der Waals surface area contributed by atoms with Gasteiger partial charge in [-0.25, -0.2) is 0 Å². The first-order valence-corrected chi connectivity index (χ1v) is 11.1. The third-order valence-corrected chi connectivity index (χ3v) is 6.20. The summed E-state index contributed by atoms with van der Waals surface area (Å²) < 4.78 is 5.43. The highest BCUT2D eigenvalue weighted by Gasteiger charge is 2.38. The van der Waals surface area contributed by atoms with Gasteiger partial charge in [0, 0.05) is 42.1 Å². The molecular formula is C25H26ClN3O3. The van der Waals surface area contributed by atoms with Gasteiger partial charge >= 0.3 is 0 Å². The zero-order chi connectivity index (χ0) is 22.6. The molecule has 7 heteroatoms. The molecule has 1 aliphatic heterocycles. The lowest BCUT2D eigenvalue weighted by Crippen LogP contribution is -2.44. The topological polar surface area (TPSA) is 75.4 Å². The van der Waals surface area contributed by atoms with Crippen LogP contribution in [-0.4, -0.2) is 34.5 Å². The molecule has 1 atom stereocenters. The molecule has 1 aromatic heterocycles. The van der Waals surface area contributed by atoms with Crippen molar-refractivity contribution in [3.8, 4) is 11.3 Å². The maximum absolute atomic E-state index is 12.8. The van der Waals surface area contributed by atoms with Crippen LogP contribution in [0.25, 0.3) is 11.3 Å². The van der Waals surface area contributed by atoms with Crippen molar-refractivity contribution in [2.45, 2.75) is 44.2 Å². The largest absolute Gasteiger partial charge is 0.356 e. The predicted octanol–water partition coefficient (Wildman–Crippen LogP) is 4.63. The fraction of sp³-hybridized carbons (Fsp3) is 0.320. The lowest BCUT2D eigenvalue weighted by atomic mass is 9.85. The summed E-state index contributed by atoms with van der Waals surface area (Å²) in [5.74, 6) is 0.721. The lowest BCUT2D eigenvalue weighted by molar-refractivity contribution is -0.131. The average Bonchev–Trinajstić information content (AvgIpc) is 3.41. The maximum atomic E-state index is 12.8. The van der Waals surface area contributed by atoms with Crippen molar-refractivity contribution in [1.82, 2.24) is 15.4 Å². The number of carbonyl (C=O) groups is 2. The van der Waals surface area contributed by atoms with Crippen LogP contribution in [0.15, 0.2) is 65.2 Å². The number of nitrogens with one attached hydrogen (secondary N) is 1. The van der Waals surface area contributed by atoms with Gasteiger partial charge in [0.15, 0.2) is 5.76 Å². The number of carbonyl (C=O) groups excluding carboxylic acids is 2. The number of rotatable bonds is 8. The van der Waals surface area contributed by atoms with Crippen LogP contribution in [0.4, 0.5) is 0 Å². The summed E-state index contributed by atoms with van der Waals surface area (Å²) in [6, 6.07) is 19.2. The standard InChI is InChI=1S/C25H26ClN3O3/c1-29(17-21-15-22(32-28-21)19-5-3-2-4-6-19)24(31)12-14-25(13-11-23(30)27-25)16-18-7-9-20(26)10-8-18/h2-10,15H,11-14,16-17H2,1H3,(H,27,30). The minimum Gasteiger partial charge on any atom is -0.356 e. The molecule has 6 nitrogen and oxygen atoms in total. The molecule has 0 radical (unpaired) electrons. The quantitative estimate of drug-likeness (QED) is 0.542. The Kier molecular flexibility index (Phi) is 6.61. The molecule has 0 spiro atoms. The molecule has 2 amide bonds. The summed E-state index contributed by atoms with van der Waals surface area (Å²) in [6.07, 6.45) is 2.80. The van der Waals surface area contributed by atoms with Crippen LogP contribution < -0.4 is 5.32 Å². The van der Waals surface area contributed by atoms with E-state index in [0.29, 0.717) is 48.7 Å². The zero-order valence-electron chi connectivity index (χ0n) is 18.0. The highest BCUT2D eigenvalue weighted by atomic mass is 35.5. The van der Waals surface area contributed by atoms with E-state index in [4.69, 9.17) is 16.1 Å². The van der Waals surface area contributed by atoms with Gasteiger partial charge in [0.2, 0.25) is 11.8 Å². The van der Waals surface area contributed by atoms with Crippen molar-refractivity contribution in [3.63, 3.8) is 0 Å². The van der Waals surface area contributed by atoms with Crippen molar-refractivity contribution < 1.29 is 14.1 Å². The van der Waals surface area contributed by atoms with E-state index in [9.17, 15) is 9.59 Å². The van der Waals surface area contributed by atoms with Crippen molar-refractivity contribution in [3.05, 3.63) is 76.9 Å². The summed E-state index contributed by atoms with van der Waals surface area (Å²) in [5, 5.41) is 7.91. The minimum absolute atomic E-state index is 0.00545. The molecule has 0 aliphatic carbocycles. The van der Waals surface area contributed by atoms with Gasteiger partial charge < -0.3 is 14.7 Å². The molecule has 0 saturated carbocycles. The molecule has 3 aromatic rings. The lowest BCUT2D eigenvalue weighted by Gasteiger charge is -2.30. The zero-order valence-corrected chi connectivity index (χ0v) is 18.8. The van der Waals surface area contributed by atoms with E-state index in [1.165, 1.54) is 0 Å². The Morgan fingerprint density at radius 3 is 2.62 bits per heavy atom. The number of halogens is 1. The van der Waals surface area contributed by atoms with E-state index in [2.05, 4.69) is 10.5 Å². The molecule has 4 rings (SSSR count). The van der Waals surface area contributed by atoms with Crippen LogP contribution in [0.5, 0.6) is 0 Å². The van der Waals surface area contributed by atoms with Crippen LogP contribution >= 0.6 is 11.6 Å². The Labute approximate surface area is 192 Å². The second kappa shape index (κ2) is 9.57. The Hall–Kier alpha value is -3.12. The number of amides is 2. The fourth-order valence-electron chi connectivity index (χ4n) is 4.17. The SMILES string of the molecule is CN(Cc1cc(-c2ccccc2)on1)C(=O)CCC1(Cc2ccc(Cl)cc2)CCC(=O)N1.